The Morgan fingerprint density at radius 3 is 2.40 bits per heavy atom. The molecular weight excluding hydrogens is 461 g/mol. The van der Waals surface area contributed by atoms with E-state index in [0.29, 0.717) is 19.1 Å². The Bertz CT molecular complexity index is 1130. The standard InChI is InChI=1S/C25H29F3N4O3/c1-16-5-10-23(34)32(13-16)21-8-6-20(7-9-21)31-14-19(15-31)30-22(33)12-29-24(35)17-3-2-4-18(11-17)25(26,27)28/h2-5,10-11,13,19-21H,6-9,12,14-15H2,1H3,(H,29,35)(H,30,33)/t20-,21+. The number of hydrogen-bond acceptors (Lipinski definition) is 4. The molecule has 1 aliphatic carbocycles. The number of nitrogens with one attached hydrogen (secondary N) is 2. The highest BCUT2D eigenvalue weighted by Crippen LogP contribution is 2.32. The first kappa shape index (κ1) is 25.0. The molecule has 0 spiro atoms. The van der Waals surface area contributed by atoms with Gasteiger partial charge in [-0.25, -0.2) is 0 Å². The quantitative estimate of drug-likeness (QED) is 0.653. The summed E-state index contributed by atoms with van der Waals surface area (Å²) in [7, 11) is 0. The normalized spacial score (nSPS) is 21.3. The number of halogens is 3. The fourth-order valence-corrected chi connectivity index (χ4v) is 4.88. The summed E-state index contributed by atoms with van der Waals surface area (Å²) in [6, 6.07) is 8.15. The lowest BCUT2D eigenvalue weighted by atomic mass is 9.87. The highest BCUT2D eigenvalue weighted by molar-refractivity contribution is 5.96. The van der Waals surface area contributed by atoms with Gasteiger partial charge in [0, 0.05) is 43.0 Å². The first-order valence-electron chi connectivity index (χ1n) is 11.8. The van der Waals surface area contributed by atoms with Crippen molar-refractivity contribution in [2.75, 3.05) is 19.6 Å². The first-order valence-corrected chi connectivity index (χ1v) is 11.8. The van der Waals surface area contributed by atoms with Crippen molar-refractivity contribution in [1.82, 2.24) is 20.1 Å². The number of carbonyl (C=O) groups excluding carboxylic acids is 2. The van der Waals surface area contributed by atoms with Gasteiger partial charge < -0.3 is 15.2 Å². The van der Waals surface area contributed by atoms with Crippen molar-refractivity contribution in [2.45, 2.75) is 56.9 Å². The van der Waals surface area contributed by atoms with Crippen LogP contribution in [0.15, 0.2) is 47.4 Å². The topological polar surface area (TPSA) is 83.4 Å². The second-order valence-electron chi connectivity index (χ2n) is 9.39. The average Bonchev–Trinajstić information content (AvgIpc) is 2.81. The molecule has 1 saturated heterocycles. The van der Waals surface area contributed by atoms with Crippen molar-refractivity contribution in [1.29, 1.82) is 0 Å². The Kier molecular flexibility index (Phi) is 7.30. The van der Waals surface area contributed by atoms with Gasteiger partial charge in [0.25, 0.3) is 11.5 Å². The van der Waals surface area contributed by atoms with E-state index in [1.807, 2.05) is 23.8 Å². The predicted octanol–water partition coefficient (Wildman–Crippen LogP) is 2.89. The van der Waals surface area contributed by atoms with Crippen molar-refractivity contribution in [3.8, 4) is 0 Å². The van der Waals surface area contributed by atoms with E-state index in [1.165, 1.54) is 6.07 Å². The van der Waals surface area contributed by atoms with Crippen molar-refractivity contribution >= 4 is 11.8 Å². The van der Waals surface area contributed by atoms with E-state index in [9.17, 15) is 27.6 Å². The summed E-state index contributed by atoms with van der Waals surface area (Å²) in [5.74, 6) is -1.11. The molecule has 2 aromatic rings. The van der Waals surface area contributed by atoms with Crippen LogP contribution in [0.3, 0.4) is 0 Å². The van der Waals surface area contributed by atoms with Crippen LogP contribution in [0.25, 0.3) is 0 Å². The van der Waals surface area contributed by atoms with Gasteiger partial charge in [0.2, 0.25) is 5.91 Å². The van der Waals surface area contributed by atoms with E-state index >= 15 is 0 Å². The molecule has 2 aliphatic rings. The van der Waals surface area contributed by atoms with Gasteiger partial charge in [-0.15, -0.1) is 0 Å². The lowest BCUT2D eigenvalue weighted by molar-refractivity contribution is -0.137. The minimum absolute atomic E-state index is 0.0231. The van der Waals surface area contributed by atoms with Gasteiger partial charge in [-0.3, -0.25) is 19.3 Å². The maximum absolute atomic E-state index is 12.8. The maximum atomic E-state index is 12.8. The molecule has 0 radical (unpaired) electrons. The van der Waals surface area contributed by atoms with E-state index in [2.05, 4.69) is 15.5 Å². The molecule has 10 heteroatoms. The number of aromatic nitrogens is 1. The van der Waals surface area contributed by atoms with Crippen LogP contribution in [0.5, 0.6) is 0 Å². The molecule has 2 fully saturated rings. The Labute approximate surface area is 201 Å². The third-order valence-corrected chi connectivity index (χ3v) is 6.80. The number of carbonyl (C=O) groups is 2. The fourth-order valence-electron chi connectivity index (χ4n) is 4.88. The molecule has 2 heterocycles. The lowest BCUT2D eigenvalue weighted by Gasteiger charge is -2.46. The van der Waals surface area contributed by atoms with E-state index in [4.69, 9.17) is 0 Å². The first-order chi connectivity index (χ1) is 16.6. The third kappa shape index (κ3) is 6.11. The Morgan fingerprint density at radius 2 is 1.71 bits per heavy atom. The Hall–Kier alpha value is -3.14. The van der Waals surface area contributed by atoms with E-state index in [1.54, 1.807) is 6.07 Å². The van der Waals surface area contributed by atoms with Gasteiger partial charge in [-0.1, -0.05) is 12.1 Å². The number of aryl methyl sites for hydroxylation is 1. The zero-order valence-corrected chi connectivity index (χ0v) is 19.5. The monoisotopic (exact) mass is 490 g/mol. The smallest absolute Gasteiger partial charge is 0.349 e. The molecule has 0 bridgehead atoms. The zero-order chi connectivity index (χ0) is 25.2. The van der Waals surface area contributed by atoms with Gasteiger partial charge in [0.05, 0.1) is 18.2 Å². The molecule has 2 N–H and O–H groups in total. The van der Waals surface area contributed by atoms with Gasteiger partial charge in [0.15, 0.2) is 0 Å². The van der Waals surface area contributed by atoms with Gasteiger partial charge in [-0.2, -0.15) is 13.2 Å². The summed E-state index contributed by atoms with van der Waals surface area (Å²) in [5, 5.41) is 5.23. The van der Waals surface area contributed by atoms with Crippen LogP contribution in [0.4, 0.5) is 13.2 Å². The number of alkyl halides is 3. The summed E-state index contributed by atoms with van der Waals surface area (Å²) in [5.41, 5.74) is 0.0418. The minimum Gasteiger partial charge on any atom is -0.349 e. The molecule has 0 unspecified atom stereocenters. The molecule has 1 saturated carbocycles. The second kappa shape index (κ2) is 10.2. The minimum atomic E-state index is -4.54. The zero-order valence-electron chi connectivity index (χ0n) is 19.5. The number of amides is 2. The van der Waals surface area contributed by atoms with Crippen molar-refractivity contribution in [2.24, 2.45) is 0 Å². The predicted molar refractivity (Wildman–Crippen MR) is 124 cm³/mol. The fraction of sp³-hybridized carbons (Fsp3) is 0.480. The number of likely N-dealkylation sites (tertiary alicyclic amines) is 1. The summed E-state index contributed by atoms with van der Waals surface area (Å²) in [6.45, 7) is 3.11. The SMILES string of the molecule is Cc1ccc(=O)n([C@H]2CC[C@@H](N3CC(NC(=O)CNC(=O)c4cccc(C(F)(F)F)c4)C3)CC2)c1. The van der Waals surface area contributed by atoms with Crippen LogP contribution in [-0.4, -0.2) is 53.0 Å². The lowest BCUT2D eigenvalue weighted by Crippen LogP contribution is -2.63. The Balaban J connectivity index is 1.17. The van der Waals surface area contributed by atoms with E-state index in [-0.39, 0.29) is 35.7 Å². The summed E-state index contributed by atoms with van der Waals surface area (Å²) < 4.78 is 40.3. The molecule has 0 atom stereocenters. The van der Waals surface area contributed by atoms with Crippen molar-refractivity contribution in [3.63, 3.8) is 0 Å². The molecular formula is C25H29F3N4O3. The molecule has 4 rings (SSSR count). The number of pyridine rings is 1. The highest BCUT2D eigenvalue weighted by atomic mass is 19.4. The number of nitrogens with zero attached hydrogens (tertiary/aromatic N) is 2. The van der Waals surface area contributed by atoms with Crippen LogP contribution in [0.2, 0.25) is 0 Å². The van der Waals surface area contributed by atoms with Crippen molar-refractivity contribution < 1.29 is 22.8 Å². The van der Waals surface area contributed by atoms with Crippen LogP contribution in [-0.2, 0) is 11.0 Å². The summed E-state index contributed by atoms with van der Waals surface area (Å²) in [4.78, 5) is 38.8. The summed E-state index contributed by atoms with van der Waals surface area (Å²) >= 11 is 0. The molecule has 1 aromatic carbocycles. The number of rotatable bonds is 6. The second-order valence-corrected chi connectivity index (χ2v) is 9.39. The third-order valence-electron chi connectivity index (χ3n) is 6.80. The maximum Gasteiger partial charge on any atom is 0.416 e. The van der Waals surface area contributed by atoms with Crippen LogP contribution in [0, 0.1) is 6.92 Å². The average molecular weight is 491 g/mol. The van der Waals surface area contributed by atoms with Crippen LogP contribution < -0.4 is 16.2 Å². The Morgan fingerprint density at radius 1 is 1.03 bits per heavy atom. The molecule has 1 aromatic heterocycles. The highest BCUT2D eigenvalue weighted by Gasteiger charge is 2.35. The van der Waals surface area contributed by atoms with E-state index in [0.717, 1.165) is 49.4 Å². The summed E-state index contributed by atoms with van der Waals surface area (Å²) in [6.07, 6.45) is 1.22. The molecule has 7 nitrogen and oxygen atoms in total. The van der Waals surface area contributed by atoms with Crippen LogP contribution in [0.1, 0.15) is 53.2 Å². The van der Waals surface area contributed by atoms with Gasteiger partial charge in [-0.05, 0) is 56.4 Å². The largest absolute Gasteiger partial charge is 0.416 e. The molecule has 35 heavy (non-hydrogen) atoms. The van der Waals surface area contributed by atoms with E-state index < -0.39 is 17.6 Å². The van der Waals surface area contributed by atoms with Crippen molar-refractivity contribution in [3.05, 3.63) is 69.6 Å². The number of hydrogen-bond donors (Lipinski definition) is 2. The molecule has 2 amide bonds. The molecule has 1 aliphatic heterocycles. The van der Waals surface area contributed by atoms with Gasteiger partial charge in [0.1, 0.15) is 0 Å². The van der Waals surface area contributed by atoms with Crippen LogP contribution >= 0.6 is 0 Å². The number of benzene rings is 1. The molecule has 188 valence electrons. The van der Waals surface area contributed by atoms with Gasteiger partial charge >= 0.3 is 6.18 Å².